The first-order valence-electron chi connectivity index (χ1n) is 6.65. The van der Waals surface area contributed by atoms with Gasteiger partial charge in [0.2, 0.25) is 5.91 Å². The van der Waals surface area contributed by atoms with E-state index in [1.807, 2.05) is 7.05 Å². The van der Waals surface area contributed by atoms with Crippen LogP contribution in [-0.2, 0) is 11.3 Å². The lowest BCUT2D eigenvalue weighted by atomic mass is 9.97. The average Bonchev–Trinajstić information content (AvgIpc) is 2.47. The molecule has 0 aliphatic carbocycles. The summed E-state index contributed by atoms with van der Waals surface area (Å²) in [6.07, 6.45) is 5.55. The summed E-state index contributed by atoms with van der Waals surface area (Å²) in [5.41, 5.74) is 0.941. The number of likely N-dealkylation sites (tertiary alicyclic amines) is 1. The normalized spacial score (nSPS) is 20.0. The molecule has 6 nitrogen and oxygen atoms in total. The van der Waals surface area contributed by atoms with E-state index in [-0.39, 0.29) is 11.8 Å². The van der Waals surface area contributed by atoms with E-state index in [0.717, 1.165) is 44.0 Å². The van der Waals surface area contributed by atoms with Crippen LogP contribution in [0, 0.1) is 5.92 Å². The Balaban J connectivity index is 1.92. The van der Waals surface area contributed by atoms with Crippen LogP contribution in [0.25, 0.3) is 0 Å². The summed E-state index contributed by atoms with van der Waals surface area (Å²) in [7, 11) is 3.52. The number of nitrogens with one attached hydrogen (secondary N) is 2. The van der Waals surface area contributed by atoms with Gasteiger partial charge in [-0.2, -0.15) is 0 Å². The summed E-state index contributed by atoms with van der Waals surface area (Å²) < 4.78 is 0. The molecule has 0 radical (unpaired) electrons. The van der Waals surface area contributed by atoms with Gasteiger partial charge in [0, 0.05) is 27.2 Å². The fraction of sp³-hybridized carbons (Fsp3) is 0.615. The van der Waals surface area contributed by atoms with E-state index in [1.54, 1.807) is 19.4 Å². The SMILES string of the molecule is CNC(=O)C1CCCN(Cc2cnc(NC)cn2)C1. The second-order valence-electron chi connectivity index (χ2n) is 4.83. The Morgan fingerprint density at radius 1 is 1.42 bits per heavy atom. The van der Waals surface area contributed by atoms with Crippen LogP contribution in [0.2, 0.25) is 0 Å². The van der Waals surface area contributed by atoms with Gasteiger partial charge in [-0.3, -0.25) is 14.7 Å². The highest BCUT2D eigenvalue weighted by atomic mass is 16.1. The number of hydrogen-bond acceptors (Lipinski definition) is 5. The highest BCUT2D eigenvalue weighted by molar-refractivity contribution is 5.78. The molecule has 19 heavy (non-hydrogen) atoms. The summed E-state index contributed by atoms with van der Waals surface area (Å²) in [6.45, 7) is 2.57. The van der Waals surface area contributed by atoms with E-state index in [0.29, 0.717) is 0 Å². The largest absolute Gasteiger partial charge is 0.372 e. The lowest BCUT2D eigenvalue weighted by molar-refractivity contribution is -0.126. The van der Waals surface area contributed by atoms with Crippen molar-refractivity contribution in [2.24, 2.45) is 5.92 Å². The molecular formula is C13H21N5O. The maximum atomic E-state index is 11.7. The van der Waals surface area contributed by atoms with Crippen LogP contribution in [0.1, 0.15) is 18.5 Å². The quantitative estimate of drug-likeness (QED) is 0.826. The van der Waals surface area contributed by atoms with Gasteiger partial charge in [0.1, 0.15) is 5.82 Å². The van der Waals surface area contributed by atoms with Crippen molar-refractivity contribution in [1.29, 1.82) is 0 Å². The summed E-state index contributed by atoms with van der Waals surface area (Å²) in [4.78, 5) is 22.6. The van der Waals surface area contributed by atoms with Crippen LogP contribution in [-0.4, -0.2) is 48.0 Å². The van der Waals surface area contributed by atoms with Crippen LogP contribution < -0.4 is 10.6 Å². The molecule has 1 atom stereocenters. The third-order valence-corrected chi connectivity index (χ3v) is 3.47. The second-order valence-corrected chi connectivity index (χ2v) is 4.83. The Bertz CT molecular complexity index is 420. The third kappa shape index (κ3) is 3.64. The van der Waals surface area contributed by atoms with Gasteiger partial charge < -0.3 is 10.6 Å². The Kier molecular flexibility index (Phi) is 4.68. The lowest BCUT2D eigenvalue weighted by Gasteiger charge is -2.31. The first-order chi connectivity index (χ1) is 9.22. The van der Waals surface area contributed by atoms with Gasteiger partial charge in [0.05, 0.1) is 24.0 Å². The van der Waals surface area contributed by atoms with E-state index in [2.05, 4.69) is 25.5 Å². The van der Waals surface area contributed by atoms with Crippen molar-refractivity contribution in [3.8, 4) is 0 Å². The fourth-order valence-electron chi connectivity index (χ4n) is 2.41. The molecule has 1 fully saturated rings. The van der Waals surface area contributed by atoms with Gasteiger partial charge in [-0.05, 0) is 19.4 Å². The van der Waals surface area contributed by atoms with Crippen molar-refractivity contribution >= 4 is 11.7 Å². The maximum Gasteiger partial charge on any atom is 0.224 e. The molecule has 1 aromatic rings. The molecule has 1 saturated heterocycles. The van der Waals surface area contributed by atoms with Gasteiger partial charge in [0.15, 0.2) is 0 Å². The molecular weight excluding hydrogens is 242 g/mol. The number of hydrogen-bond donors (Lipinski definition) is 2. The van der Waals surface area contributed by atoms with Gasteiger partial charge in [-0.25, -0.2) is 4.98 Å². The molecule has 1 aliphatic rings. The van der Waals surface area contributed by atoms with Crippen LogP contribution in [0.4, 0.5) is 5.82 Å². The van der Waals surface area contributed by atoms with Crippen molar-refractivity contribution in [3.05, 3.63) is 18.1 Å². The molecule has 2 heterocycles. The Morgan fingerprint density at radius 3 is 2.89 bits per heavy atom. The van der Waals surface area contributed by atoms with Gasteiger partial charge in [-0.1, -0.05) is 0 Å². The van der Waals surface area contributed by atoms with E-state index < -0.39 is 0 Å². The van der Waals surface area contributed by atoms with E-state index >= 15 is 0 Å². The Labute approximate surface area is 113 Å². The van der Waals surface area contributed by atoms with E-state index in [1.165, 1.54) is 0 Å². The predicted octanol–water partition coefficient (Wildman–Crippen LogP) is 0.476. The lowest BCUT2D eigenvalue weighted by Crippen LogP contribution is -2.41. The summed E-state index contributed by atoms with van der Waals surface area (Å²) >= 11 is 0. The monoisotopic (exact) mass is 263 g/mol. The number of anilines is 1. The molecule has 104 valence electrons. The zero-order valence-electron chi connectivity index (χ0n) is 11.5. The van der Waals surface area contributed by atoms with Gasteiger partial charge in [-0.15, -0.1) is 0 Å². The fourth-order valence-corrected chi connectivity index (χ4v) is 2.41. The van der Waals surface area contributed by atoms with Crippen molar-refractivity contribution in [2.75, 3.05) is 32.5 Å². The van der Waals surface area contributed by atoms with Crippen LogP contribution in [0.5, 0.6) is 0 Å². The molecule has 2 N–H and O–H groups in total. The van der Waals surface area contributed by atoms with E-state index in [9.17, 15) is 4.79 Å². The topological polar surface area (TPSA) is 70.2 Å². The van der Waals surface area contributed by atoms with Crippen LogP contribution >= 0.6 is 0 Å². The standard InChI is InChI=1S/C13H21N5O/c1-14-12-7-16-11(6-17-12)9-18-5-3-4-10(8-18)13(19)15-2/h6-7,10H,3-5,8-9H2,1-2H3,(H,14,17)(H,15,19). The highest BCUT2D eigenvalue weighted by Gasteiger charge is 2.25. The van der Waals surface area contributed by atoms with Gasteiger partial charge in [0.25, 0.3) is 0 Å². The van der Waals surface area contributed by atoms with Crippen molar-refractivity contribution in [2.45, 2.75) is 19.4 Å². The molecule has 6 heteroatoms. The average molecular weight is 263 g/mol. The number of piperidine rings is 1. The summed E-state index contributed by atoms with van der Waals surface area (Å²) in [6, 6.07) is 0. The van der Waals surface area contributed by atoms with Crippen molar-refractivity contribution in [1.82, 2.24) is 20.2 Å². The summed E-state index contributed by atoms with van der Waals surface area (Å²) in [5.74, 6) is 1.01. The Morgan fingerprint density at radius 2 is 2.26 bits per heavy atom. The molecule has 1 amide bonds. The molecule has 1 unspecified atom stereocenters. The second kappa shape index (κ2) is 6.47. The number of amides is 1. The molecule has 2 rings (SSSR count). The molecule has 0 saturated carbocycles. The minimum Gasteiger partial charge on any atom is -0.372 e. The highest BCUT2D eigenvalue weighted by Crippen LogP contribution is 2.18. The number of aromatic nitrogens is 2. The molecule has 0 spiro atoms. The van der Waals surface area contributed by atoms with Crippen LogP contribution in [0.3, 0.4) is 0 Å². The number of carbonyl (C=O) groups is 1. The third-order valence-electron chi connectivity index (χ3n) is 3.47. The first-order valence-corrected chi connectivity index (χ1v) is 6.65. The van der Waals surface area contributed by atoms with Crippen molar-refractivity contribution < 1.29 is 4.79 Å². The minimum absolute atomic E-state index is 0.100. The zero-order chi connectivity index (χ0) is 13.7. The summed E-state index contributed by atoms with van der Waals surface area (Å²) in [5, 5.41) is 5.68. The number of nitrogens with zero attached hydrogens (tertiary/aromatic N) is 3. The zero-order valence-corrected chi connectivity index (χ0v) is 11.5. The molecule has 1 aromatic heterocycles. The van der Waals surface area contributed by atoms with Crippen LogP contribution in [0.15, 0.2) is 12.4 Å². The minimum atomic E-state index is 0.100. The molecule has 0 aromatic carbocycles. The molecule has 1 aliphatic heterocycles. The smallest absolute Gasteiger partial charge is 0.224 e. The number of rotatable bonds is 4. The van der Waals surface area contributed by atoms with Crippen molar-refractivity contribution in [3.63, 3.8) is 0 Å². The Hall–Kier alpha value is -1.69. The number of carbonyl (C=O) groups excluding carboxylic acids is 1. The van der Waals surface area contributed by atoms with E-state index in [4.69, 9.17) is 0 Å². The first kappa shape index (κ1) is 13.7. The maximum absolute atomic E-state index is 11.7. The predicted molar refractivity (Wildman–Crippen MR) is 73.6 cm³/mol. The molecule has 0 bridgehead atoms. The van der Waals surface area contributed by atoms with Gasteiger partial charge >= 0.3 is 0 Å².